The zero-order valence-electron chi connectivity index (χ0n) is 7.15. The van der Waals surface area contributed by atoms with Gasteiger partial charge in [0.25, 0.3) is 0 Å². The zero-order valence-corrected chi connectivity index (χ0v) is 9.55. The monoisotopic (exact) mass is 272 g/mol. The number of carbonyl (C=O) groups excluding carboxylic acids is 1. The van der Waals surface area contributed by atoms with E-state index in [2.05, 4.69) is 30.6 Å². The number of rotatable bonds is 1. The van der Waals surface area contributed by atoms with Crippen LogP contribution in [0.25, 0.3) is 10.3 Å². The largest absolute Gasteiger partial charge is 0.465 e. The molecule has 0 aliphatic heterocycles. The third-order valence-electron chi connectivity index (χ3n) is 1.64. The molecular weight excluding hydrogens is 268 g/mol. The number of halogens is 1. The first-order valence-electron chi connectivity index (χ1n) is 3.71. The number of esters is 1. The fourth-order valence-corrected chi connectivity index (χ4v) is 2.30. The van der Waals surface area contributed by atoms with Crippen molar-refractivity contribution in [3.63, 3.8) is 0 Å². The summed E-state index contributed by atoms with van der Waals surface area (Å²) in [6.45, 7) is 0. The normalized spacial score (nSPS) is 10.4. The summed E-state index contributed by atoms with van der Waals surface area (Å²) in [6.07, 6.45) is 1.48. The highest BCUT2D eigenvalue weighted by Gasteiger charge is 2.09. The lowest BCUT2D eigenvalue weighted by Crippen LogP contribution is -2.01. The Kier molecular flexibility index (Phi) is 2.47. The standard InChI is InChI=1S/C8H5BrN2O2S/c1-13-7(12)4-2-5-6(10-3-4)14-8(9)11-5/h2-3H,1H3. The molecule has 2 aromatic heterocycles. The maximum Gasteiger partial charge on any atom is 0.339 e. The van der Waals surface area contributed by atoms with Crippen LogP contribution >= 0.6 is 27.3 Å². The lowest BCUT2D eigenvalue weighted by atomic mass is 10.3. The Hall–Kier alpha value is -1.01. The highest BCUT2D eigenvalue weighted by molar-refractivity contribution is 9.11. The molecule has 0 spiro atoms. The van der Waals surface area contributed by atoms with Crippen molar-refractivity contribution >= 4 is 43.6 Å². The molecule has 0 N–H and O–H groups in total. The molecule has 0 atom stereocenters. The highest BCUT2D eigenvalue weighted by Crippen LogP contribution is 2.24. The van der Waals surface area contributed by atoms with Crippen molar-refractivity contribution in [3.8, 4) is 0 Å². The van der Waals surface area contributed by atoms with Gasteiger partial charge in [0.2, 0.25) is 0 Å². The van der Waals surface area contributed by atoms with Gasteiger partial charge in [0, 0.05) is 6.20 Å². The smallest absolute Gasteiger partial charge is 0.339 e. The number of thiazole rings is 1. The molecule has 0 aliphatic carbocycles. The van der Waals surface area contributed by atoms with E-state index in [0.717, 1.165) is 8.75 Å². The third kappa shape index (κ3) is 1.62. The molecule has 0 unspecified atom stereocenters. The molecule has 14 heavy (non-hydrogen) atoms. The minimum atomic E-state index is -0.400. The van der Waals surface area contributed by atoms with E-state index in [1.165, 1.54) is 24.6 Å². The van der Waals surface area contributed by atoms with E-state index in [1.807, 2.05) is 0 Å². The Morgan fingerprint density at radius 3 is 3.14 bits per heavy atom. The number of methoxy groups -OCH3 is 1. The molecule has 4 nitrogen and oxygen atoms in total. The maximum atomic E-state index is 11.2. The van der Waals surface area contributed by atoms with Crippen LogP contribution in [0.15, 0.2) is 16.2 Å². The van der Waals surface area contributed by atoms with Crippen molar-refractivity contribution in [2.24, 2.45) is 0 Å². The average molecular weight is 273 g/mol. The van der Waals surface area contributed by atoms with Crippen molar-refractivity contribution in [1.29, 1.82) is 0 Å². The Morgan fingerprint density at radius 1 is 1.64 bits per heavy atom. The van der Waals surface area contributed by atoms with E-state index in [0.29, 0.717) is 11.1 Å². The van der Waals surface area contributed by atoms with Gasteiger partial charge in [-0.05, 0) is 22.0 Å². The molecule has 2 heterocycles. The first-order chi connectivity index (χ1) is 6.70. The summed E-state index contributed by atoms with van der Waals surface area (Å²) in [5, 5.41) is 0. The van der Waals surface area contributed by atoms with Gasteiger partial charge in [-0.1, -0.05) is 11.3 Å². The Labute approximate surface area is 92.1 Å². The van der Waals surface area contributed by atoms with Gasteiger partial charge in [-0.15, -0.1) is 0 Å². The Balaban J connectivity index is 2.55. The molecule has 0 saturated heterocycles. The van der Waals surface area contributed by atoms with E-state index in [1.54, 1.807) is 6.07 Å². The van der Waals surface area contributed by atoms with Crippen LogP contribution in [0.1, 0.15) is 10.4 Å². The minimum Gasteiger partial charge on any atom is -0.465 e. The van der Waals surface area contributed by atoms with E-state index in [4.69, 9.17) is 0 Å². The molecule has 2 rings (SSSR count). The predicted molar refractivity (Wildman–Crippen MR) is 56.5 cm³/mol. The molecule has 0 fully saturated rings. The summed E-state index contributed by atoms with van der Waals surface area (Å²) >= 11 is 4.68. The Bertz CT molecular complexity index is 497. The van der Waals surface area contributed by atoms with Crippen molar-refractivity contribution < 1.29 is 9.53 Å². The van der Waals surface area contributed by atoms with Crippen molar-refractivity contribution in [1.82, 2.24) is 9.97 Å². The number of hydrogen-bond donors (Lipinski definition) is 0. The Morgan fingerprint density at radius 2 is 2.43 bits per heavy atom. The van der Waals surface area contributed by atoms with Gasteiger partial charge in [-0.25, -0.2) is 14.8 Å². The maximum absolute atomic E-state index is 11.2. The molecule has 0 aliphatic rings. The first kappa shape index (κ1) is 9.54. The van der Waals surface area contributed by atoms with Crippen LogP contribution < -0.4 is 0 Å². The highest BCUT2D eigenvalue weighted by atomic mass is 79.9. The van der Waals surface area contributed by atoms with Crippen LogP contribution in [-0.4, -0.2) is 23.0 Å². The van der Waals surface area contributed by atoms with Gasteiger partial charge in [-0.2, -0.15) is 0 Å². The van der Waals surface area contributed by atoms with Gasteiger partial charge in [0.15, 0.2) is 3.92 Å². The van der Waals surface area contributed by atoms with E-state index >= 15 is 0 Å². The topological polar surface area (TPSA) is 52.1 Å². The number of fused-ring (bicyclic) bond motifs is 1. The summed E-state index contributed by atoms with van der Waals surface area (Å²) in [4.78, 5) is 20.2. The van der Waals surface area contributed by atoms with E-state index in [9.17, 15) is 4.79 Å². The number of carbonyl (C=O) groups is 1. The lowest BCUT2D eigenvalue weighted by molar-refractivity contribution is 0.0600. The summed E-state index contributed by atoms with van der Waals surface area (Å²) in [5.41, 5.74) is 1.11. The molecule has 0 aromatic carbocycles. The fraction of sp³-hybridized carbons (Fsp3) is 0.125. The van der Waals surface area contributed by atoms with E-state index < -0.39 is 5.97 Å². The second-order valence-corrected chi connectivity index (χ2v) is 4.76. The van der Waals surface area contributed by atoms with Gasteiger partial charge >= 0.3 is 5.97 Å². The predicted octanol–water partition coefficient (Wildman–Crippen LogP) is 2.24. The minimum absolute atomic E-state index is 0.400. The van der Waals surface area contributed by atoms with Gasteiger partial charge in [0.1, 0.15) is 10.3 Å². The summed E-state index contributed by atoms with van der Waals surface area (Å²) in [6, 6.07) is 1.66. The summed E-state index contributed by atoms with van der Waals surface area (Å²) in [5.74, 6) is -0.400. The quantitative estimate of drug-likeness (QED) is 0.748. The number of hydrogen-bond acceptors (Lipinski definition) is 5. The number of nitrogens with zero attached hydrogens (tertiary/aromatic N) is 2. The third-order valence-corrected chi connectivity index (χ3v) is 3.07. The molecule has 6 heteroatoms. The zero-order chi connectivity index (χ0) is 10.1. The van der Waals surface area contributed by atoms with Crippen molar-refractivity contribution in [2.75, 3.05) is 7.11 Å². The molecular formula is C8H5BrN2O2S. The molecule has 0 amide bonds. The lowest BCUT2D eigenvalue weighted by Gasteiger charge is -1.96. The van der Waals surface area contributed by atoms with Crippen LogP contribution in [0.5, 0.6) is 0 Å². The van der Waals surface area contributed by atoms with E-state index in [-0.39, 0.29) is 0 Å². The van der Waals surface area contributed by atoms with Crippen LogP contribution in [-0.2, 0) is 4.74 Å². The second-order valence-electron chi connectivity index (χ2n) is 2.51. The molecule has 72 valence electrons. The molecule has 0 radical (unpaired) electrons. The molecule has 0 bridgehead atoms. The number of aromatic nitrogens is 2. The van der Waals surface area contributed by atoms with Crippen LogP contribution in [0.2, 0.25) is 0 Å². The molecule has 2 aromatic rings. The van der Waals surface area contributed by atoms with Crippen LogP contribution in [0.3, 0.4) is 0 Å². The van der Waals surface area contributed by atoms with Gasteiger partial charge < -0.3 is 4.74 Å². The van der Waals surface area contributed by atoms with Gasteiger partial charge in [0.05, 0.1) is 12.7 Å². The van der Waals surface area contributed by atoms with Crippen LogP contribution in [0, 0.1) is 0 Å². The summed E-state index contributed by atoms with van der Waals surface area (Å²) in [7, 11) is 1.34. The van der Waals surface area contributed by atoms with Gasteiger partial charge in [-0.3, -0.25) is 0 Å². The van der Waals surface area contributed by atoms with Crippen molar-refractivity contribution in [2.45, 2.75) is 0 Å². The van der Waals surface area contributed by atoms with Crippen LogP contribution in [0.4, 0.5) is 0 Å². The number of ether oxygens (including phenoxy) is 1. The fourth-order valence-electron chi connectivity index (χ4n) is 1.03. The second kappa shape index (κ2) is 3.62. The summed E-state index contributed by atoms with van der Waals surface area (Å²) < 4.78 is 5.33. The number of pyridine rings is 1. The SMILES string of the molecule is COC(=O)c1cnc2sc(Br)nc2c1. The first-order valence-corrected chi connectivity index (χ1v) is 5.32. The van der Waals surface area contributed by atoms with Crippen molar-refractivity contribution in [3.05, 3.63) is 21.7 Å². The molecule has 0 saturated carbocycles. The average Bonchev–Trinajstić information content (AvgIpc) is 2.55.